The van der Waals surface area contributed by atoms with Crippen LogP contribution in [0.2, 0.25) is 0 Å². The fourth-order valence-electron chi connectivity index (χ4n) is 5.15. The molecule has 2 amide bonds. The zero-order valence-electron chi connectivity index (χ0n) is 22.6. The molecule has 8 heteroatoms. The van der Waals surface area contributed by atoms with Crippen LogP contribution in [0.4, 0.5) is 4.79 Å². The van der Waals surface area contributed by atoms with Gasteiger partial charge in [0.15, 0.2) is 0 Å². The topological polar surface area (TPSA) is 108 Å². The van der Waals surface area contributed by atoms with Gasteiger partial charge in [-0.2, -0.15) is 5.26 Å². The van der Waals surface area contributed by atoms with Gasteiger partial charge in [0, 0.05) is 43.4 Å². The molecule has 0 radical (unpaired) electrons. The molecule has 8 nitrogen and oxygen atoms in total. The van der Waals surface area contributed by atoms with Crippen LogP contribution in [0.15, 0.2) is 67.0 Å². The smallest absolute Gasteiger partial charge is 0.411 e. The van der Waals surface area contributed by atoms with Crippen LogP contribution in [0.5, 0.6) is 0 Å². The summed E-state index contributed by atoms with van der Waals surface area (Å²) >= 11 is 0. The number of carbonyl (C=O) groups excluding carboxylic acids is 2. The summed E-state index contributed by atoms with van der Waals surface area (Å²) in [6.07, 6.45) is 5.96. The summed E-state index contributed by atoms with van der Waals surface area (Å²) in [6, 6.07) is 20.1. The van der Waals surface area contributed by atoms with Gasteiger partial charge in [0.2, 0.25) is 5.82 Å². The molecule has 0 spiro atoms. The van der Waals surface area contributed by atoms with Crippen LogP contribution in [0.1, 0.15) is 74.2 Å². The number of hydrogen-bond donors (Lipinski definition) is 1. The maximum atomic E-state index is 13.4. The molecule has 1 aliphatic heterocycles. The summed E-state index contributed by atoms with van der Waals surface area (Å²) in [7, 11) is 0. The minimum Gasteiger partial charge on any atom is -0.438 e. The van der Waals surface area contributed by atoms with Gasteiger partial charge in [-0.1, -0.05) is 54.6 Å². The Hall–Kier alpha value is -4.25. The predicted octanol–water partition coefficient (Wildman–Crippen LogP) is 5.77. The van der Waals surface area contributed by atoms with Gasteiger partial charge in [0.05, 0.1) is 17.5 Å². The molecule has 2 atom stereocenters. The first kappa shape index (κ1) is 26.4. The largest absolute Gasteiger partial charge is 0.438 e. The molecular weight excluding hydrogens is 490 g/mol. The molecule has 1 saturated heterocycles. The van der Waals surface area contributed by atoms with Gasteiger partial charge < -0.3 is 15.0 Å². The normalized spacial score (nSPS) is 20.1. The Kier molecular flexibility index (Phi) is 7.09. The molecule has 2 aliphatic rings. The van der Waals surface area contributed by atoms with Crippen molar-refractivity contribution in [3.63, 3.8) is 0 Å². The van der Waals surface area contributed by atoms with Crippen molar-refractivity contribution >= 4 is 12.0 Å². The van der Waals surface area contributed by atoms with Gasteiger partial charge in [-0.3, -0.25) is 4.79 Å². The van der Waals surface area contributed by atoms with Crippen molar-refractivity contribution in [2.24, 2.45) is 5.41 Å². The molecule has 2 fully saturated rings. The van der Waals surface area contributed by atoms with Crippen LogP contribution < -0.4 is 5.32 Å². The highest BCUT2D eigenvalue weighted by Crippen LogP contribution is 2.44. The lowest BCUT2D eigenvalue weighted by atomic mass is 9.75. The lowest BCUT2D eigenvalue weighted by Gasteiger charge is -2.45. The number of nitriles is 1. The van der Waals surface area contributed by atoms with Gasteiger partial charge in [0.1, 0.15) is 5.60 Å². The Morgan fingerprint density at radius 2 is 1.79 bits per heavy atom. The molecule has 1 N–H and O–H groups in total. The number of amides is 2. The van der Waals surface area contributed by atoms with E-state index in [9.17, 15) is 14.9 Å². The van der Waals surface area contributed by atoms with Crippen molar-refractivity contribution in [3.05, 3.63) is 83.9 Å². The fraction of sp³-hybridized carbons (Fsp3) is 0.387. The molecule has 1 saturated carbocycles. The van der Waals surface area contributed by atoms with E-state index >= 15 is 0 Å². The number of nitrogens with zero attached hydrogens (tertiary/aromatic N) is 4. The van der Waals surface area contributed by atoms with Crippen LogP contribution in [0.3, 0.4) is 0 Å². The minimum atomic E-state index is -0.848. The van der Waals surface area contributed by atoms with E-state index in [0.29, 0.717) is 19.4 Å². The first-order valence-electron chi connectivity index (χ1n) is 13.4. The van der Waals surface area contributed by atoms with Crippen LogP contribution in [0.25, 0.3) is 11.1 Å². The summed E-state index contributed by atoms with van der Waals surface area (Å²) in [4.78, 5) is 35.8. The zero-order chi connectivity index (χ0) is 27.6. The van der Waals surface area contributed by atoms with E-state index in [0.717, 1.165) is 35.1 Å². The Morgan fingerprint density at radius 3 is 2.38 bits per heavy atom. The lowest BCUT2D eigenvalue weighted by Crippen LogP contribution is -2.50. The van der Waals surface area contributed by atoms with Gasteiger partial charge in [-0.15, -0.1) is 0 Å². The standard InChI is InChI=1S/C31H33N5O3/c1-21(22-9-11-23(12-10-22)24-17-33-27(34-18-24)28(37)35-26-13-14-26)36-16-15-31(39-29(36)38,19-30(2,3)20-32)25-7-5-4-6-8-25/h4-12,17-18,21,26H,13-16,19H2,1-3H3,(H,35,37)/t21-,31?/m0/s1. The number of rotatable bonds is 8. The second-order valence-electron chi connectivity index (χ2n) is 11.2. The predicted molar refractivity (Wildman–Crippen MR) is 146 cm³/mol. The highest BCUT2D eigenvalue weighted by atomic mass is 16.6. The summed E-state index contributed by atoms with van der Waals surface area (Å²) in [5, 5.41) is 12.6. The van der Waals surface area contributed by atoms with Crippen LogP contribution in [-0.2, 0) is 10.3 Å². The van der Waals surface area contributed by atoms with Crippen LogP contribution in [0, 0.1) is 16.7 Å². The fourth-order valence-corrected chi connectivity index (χ4v) is 5.15. The highest BCUT2D eigenvalue weighted by Gasteiger charge is 2.46. The lowest BCUT2D eigenvalue weighted by molar-refractivity contribution is -0.0770. The van der Waals surface area contributed by atoms with E-state index < -0.39 is 11.0 Å². The van der Waals surface area contributed by atoms with Gasteiger partial charge in [0.25, 0.3) is 5.91 Å². The molecule has 2 aromatic carbocycles. The van der Waals surface area contributed by atoms with E-state index in [1.54, 1.807) is 17.3 Å². The van der Waals surface area contributed by atoms with Gasteiger partial charge >= 0.3 is 6.09 Å². The number of nitrogens with one attached hydrogen (secondary N) is 1. The second-order valence-corrected chi connectivity index (χ2v) is 11.2. The van der Waals surface area contributed by atoms with Gasteiger partial charge in [-0.25, -0.2) is 14.8 Å². The molecule has 3 aromatic rings. The Balaban J connectivity index is 1.28. The van der Waals surface area contributed by atoms with E-state index in [-0.39, 0.29) is 29.9 Å². The number of carbonyl (C=O) groups is 2. The molecule has 0 bridgehead atoms. The van der Waals surface area contributed by atoms with E-state index in [1.165, 1.54) is 0 Å². The third-order valence-corrected chi connectivity index (χ3v) is 7.57. The van der Waals surface area contributed by atoms with E-state index in [2.05, 4.69) is 21.4 Å². The average molecular weight is 524 g/mol. The van der Waals surface area contributed by atoms with Gasteiger partial charge in [-0.05, 0) is 50.3 Å². The van der Waals surface area contributed by atoms with Crippen molar-refractivity contribution in [3.8, 4) is 17.2 Å². The molecule has 200 valence electrons. The van der Waals surface area contributed by atoms with Crippen molar-refractivity contribution in [2.45, 2.75) is 64.1 Å². The Bertz CT molecular complexity index is 1380. The monoisotopic (exact) mass is 523 g/mol. The molecule has 1 unspecified atom stereocenters. The molecule has 2 heterocycles. The average Bonchev–Trinajstić information content (AvgIpc) is 3.77. The second kappa shape index (κ2) is 10.5. The van der Waals surface area contributed by atoms with Crippen LogP contribution >= 0.6 is 0 Å². The van der Waals surface area contributed by atoms with Crippen molar-refractivity contribution in [1.82, 2.24) is 20.2 Å². The quantitative estimate of drug-likeness (QED) is 0.401. The summed E-state index contributed by atoms with van der Waals surface area (Å²) < 4.78 is 6.19. The first-order chi connectivity index (χ1) is 18.7. The molecule has 1 aliphatic carbocycles. The van der Waals surface area contributed by atoms with Crippen molar-refractivity contribution in [2.75, 3.05) is 6.54 Å². The zero-order valence-corrected chi connectivity index (χ0v) is 22.6. The van der Waals surface area contributed by atoms with E-state index in [1.807, 2.05) is 75.4 Å². The summed E-state index contributed by atoms with van der Waals surface area (Å²) in [5.41, 5.74) is 2.12. The van der Waals surface area contributed by atoms with Crippen molar-refractivity contribution in [1.29, 1.82) is 5.26 Å². The molecule has 5 rings (SSSR count). The van der Waals surface area contributed by atoms with Crippen molar-refractivity contribution < 1.29 is 14.3 Å². The van der Waals surface area contributed by atoms with E-state index in [4.69, 9.17) is 4.74 Å². The Labute approximate surface area is 229 Å². The summed E-state index contributed by atoms with van der Waals surface area (Å²) in [6.45, 7) is 6.25. The number of aromatic nitrogens is 2. The third kappa shape index (κ3) is 5.78. The number of benzene rings is 2. The maximum Gasteiger partial charge on any atom is 0.411 e. The minimum absolute atomic E-state index is 0.171. The molecular formula is C31H33N5O3. The maximum absolute atomic E-state index is 13.4. The summed E-state index contributed by atoms with van der Waals surface area (Å²) in [5.74, 6) is -0.0710. The first-order valence-corrected chi connectivity index (χ1v) is 13.4. The number of hydrogen-bond acceptors (Lipinski definition) is 6. The number of ether oxygens (including phenoxy) is 1. The Morgan fingerprint density at radius 1 is 1.13 bits per heavy atom. The SMILES string of the molecule is C[C@@H](c1ccc(-c2cnc(C(=O)NC3CC3)nc2)cc1)N1CCC(CC(C)(C)C#N)(c2ccccc2)OC1=O. The van der Waals surface area contributed by atoms with Crippen LogP contribution in [-0.4, -0.2) is 39.5 Å². The third-order valence-electron chi connectivity index (χ3n) is 7.57. The molecule has 1 aromatic heterocycles. The molecule has 39 heavy (non-hydrogen) atoms. The number of cyclic esters (lactones) is 1. The highest BCUT2D eigenvalue weighted by molar-refractivity contribution is 5.91.